The second kappa shape index (κ2) is 9.06. The van der Waals surface area contributed by atoms with Crippen LogP contribution < -0.4 is 15.9 Å². The molecule has 1 aromatic carbocycles. The summed E-state index contributed by atoms with van der Waals surface area (Å²) in [5, 5.41) is 15.8. The maximum atomic E-state index is 16.1. The van der Waals surface area contributed by atoms with E-state index in [0.29, 0.717) is 22.1 Å². The fraction of sp³-hybridized carbons (Fsp3) is 0.115. The summed E-state index contributed by atoms with van der Waals surface area (Å²) in [5.74, 6) is 0.509. The smallest absolute Gasteiger partial charge is 0.227 e. The van der Waals surface area contributed by atoms with Gasteiger partial charge < -0.3 is 10.3 Å². The van der Waals surface area contributed by atoms with Gasteiger partial charge in [0.2, 0.25) is 5.91 Å². The molecule has 7 rings (SSSR count). The van der Waals surface area contributed by atoms with Crippen LogP contribution in [0.25, 0.3) is 43.6 Å². The van der Waals surface area contributed by atoms with Gasteiger partial charge in [0.15, 0.2) is 5.82 Å². The summed E-state index contributed by atoms with van der Waals surface area (Å²) in [5.41, 5.74) is 6.05. The molecular weight excluding hydrogens is 703 g/mol. The van der Waals surface area contributed by atoms with Crippen LogP contribution in [0, 0.1) is 5.92 Å². The number of aromatic nitrogens is 4. The summed E-state index contributed by atoms with van der Waals surface area (Å²) in [6, 6.07) is 8.10. The summed E-state index contributed by atoms with van der Waals surface area (Å²) in [7, 11) is 0. The number of fused-ring (bicyclic) bond motifs is 2. The normalized spacial score (nSPS) is 17.2. The number of nitrogens with zero attached hydrogens (tertiary/aromatic N) is 2. The molecule has 3 N–H and O–H groups in total. The third-order valence-electron chi connectivity index (χ3n) is 6.19. The van der Waals surface area contributed by atoms with Crippen molar-refractivity contribution in [2.24, 2.45) is 5.92 Å². The van der Waals surface area contributed by atoms with Crippen LogP contribution in [0.2, 0.25) is 0 Å². The molecule has 5 heterocycles. The zero-order chi connectivity index (χ0) is 24.2. The summed E-state index contributed by atoms with van der Waals surface area (Å²) >= 11 is 0.549. The van der Waals surface area contributed by atoms with Crippen molar-refractivity contribution >= 4 is 87.2 Å². The minimum Gasteiger partial charge on any atom is -0.337 e. The highest BCUT2D eigenvalue weighted by molar-refractivity contribution is 14.2. The SMILES string of the molecule is O=C(NC1=CC(C2=IC=c3[nH]nc(-c4nc5c(-c6ccsc6)cccc5[nH]4)c3=C2F)=CI=C1)C1CC1. The van der Waals surface area contributed by atoms with E-state index in [1.807, 2.05) is 29.7 Å². The van der Waals surface area contributed by atoms with Crippen LogP contribution in [0.5, 0.6) is 0 Å². The van der Waals surface area contributed by atoms with E-state index in [0.717, 1.165) is 49.8 Å². The van der Waals surface area contributed by atoms with Gasteiger partial charge in [-0.2, -0.15) is 16.4 Å². The first-order chi connectivity index (χ1) is 17.7. The van der Waals surface area contributed by atoms with Crippen molar-refractivity contribution in [3.05, 3.63) is 67.0 Å². The number of imidazole rings is 1. The lowest BCUT2D eigenvalue weighted by molar-refractivity contribution is -0.121. The van der Waals surface area contributed by atoms with Crippen molar-refractivity contribution < 1.29 is 9.18 Å². The first-order valence-corrected chi connectivity index (χ1v) is 17.1. The van der Waals surface area contributed by atoms with Crippen LogP contribution in [0.3, 0.4) is 0 Å². The summed E-state index contributed by atoms with van der Waals surface area (Å²) in [6.45, 7) is 0. The summed E-state index contributed by atoms with van der Waals surface area (Å²) < 4.78 is 23.1. The molecule has 0 atom stereocenters. The number of hydrogen-bond acceptors (Lipinski definition) is 4. The number of thiophene rings is 1. The number of allylic oxidation sites excluding steroid dienone is 3. The molecule has 36 heavy (non-hydrogen) atoms. The predicted molar refractivity (Wildman–Crippen MR) is 161 cm³/mol. The lowest BCUT2D eigenvalue weighted by Crippen LogP contribution is -2.30. The van der Waals surface area contributed by atoms with Crippen molar-refractivity contribution in [3.63, 3.8) is 0 Å². The van der Waals surface area contributed by atoms with E-state index in [4.69, 9.17) is 4.98 Å². The summed E-state index contributed by atoms with van der Waals surface area (Å²) in [4.78, 5) is 20.4. The molecule has 1 fully saturated rings. The Balaban J connectivity index is 1.29. The van der Waals surface area contributed by atoms with Crippen molar-refractivity contribution in [3.8, 4) is 22.6 Å². The maximum absolute atomic E-state index is 16.1. The highest BCUT2D eigenvalue weighted by Gasteiger charge is 2.30. The van der Waals surface area contributed by atoms with E-state index in [1.165, 1.54) is 0 Å². The fourth-order valence-electron chi connectivity index (χ4n) is 4.24. The van der Waals surface area contributed by atoms with Gasteiger partial charge in [0.05, 0.1) is 25.1 Å². The molecule has 1 amide bonds. The van der Waals surface area contributed by atoms with Gasteiger partial charge in [0.25, 0.3) is 0 Å². The number of carbonyl (C=O) groups is 1. The molecule has 0 bridgehead atoms. The third-order valence-corrected chi connectivity index (χ3v) is 11.6. The Morgan fingerprint density at radius 3 is 2.97 bits per heavy atom. The molecule has 3 aliphatic rings. The number of halogens is 3. The van der Waals surface area contributed by atoms with Gasteiger partial charge in [-0.25, -0.2) is 9.37 Å². The lowest BCUT2D eigenvalue weighted by atomic mass is 10.1. The Labute approximate surface area is 228 Å². The Hall–Kier alpha value is -2.58. The number of rotatable bonds is 5. The number of H-pyrrole nitrogens is 2. The van der Waals surface area contributed by atoms with Crippen LogP contribution in [0.4, 0.5) is 4.39 Å². The highest BCUT2D eigenvalue weighted by atomic mass is 127. The minimum absolute atomic E-state index is 0.0771. The maximum Gasteiger partial charge on any atom is 0.227 e. The summed E-state index contributed by atoms with van der Waals surface area (Å²) in [6.07, 6.45) is 3.84. The molecule has 0 spiro atoms. The van der Waals surface area contributed by atoms with Crippen molar-refractivity contribution in [2.45, 2.75) is 12.8 Å². The Morgan fingerprint density at radius 1 is 1.22 bits per heavy atom. The van der Waals surface area contributed by atoms with E-state index in [1.54, 1.807) is 11.3 Å². The molecule has 1 saturated carbocycles. The highest BCUT2D eigenvalue weighted by Crippen LogP contribution is 2.32. The van der Waals surface area contributed by atoms with Gasteiger partial charge in [0.1, 0.15) is 11.5 Å². The number of para-hydroxylation sites is 1. The fourth-order valence-corrected chi connectivity index (χ4v) is 9.56. The average Bonchev–Trinajstić information content (AvgIpc) is 3.27. The Morgan fingerprint density at radius 2 is 2.14 bits per heavy atom. The second-order valence-corrected chi connectivity index (χ2v) is 13.7. The Kier molecular flexibility index (Phi) is 5.69. The molecule has 3 aromatic heterocycles. The zero-order valence-corrected chi connectivity index (χ0v) is 23.7. The number of hydrogen-bond donors (Lipinski definition) is 3. The zero-order valence-electron chi connectivity index (χ0n) is 18.6. The quantitative estimate of drug-likeness (QED) is 0.261. The Bertz CT molecular complexity index is 1810. The van der Waals surface area contributed by atoms with Gasteiger partial charge in [-0.3, -0.25) is 9.89 Å². The molecular formula is C26H18FI2N5OS. The first kappa shape index (κ1) is 22.6. The van der Waals surface area contributed by atoms with Crippen LogP contribution >= 0.6 is 52.8 Å². The van der Waals surface area contributed by atoms with Gasteiger partial charge in [-0.05, 0) is 65.1 Å². The van der Waals surface area contributed by atoms with Crippen LogP contribution in [-0.4, -0.2) is 33.6 Å². The van der Waals surface area contributed by atoms with E-state index in [9.17, 15) is 4.79 Å². The number of aromatic amines is 2. The van der Waals surface area contributed by atoms with Crippen LogP contribution in [0.1, 0.15) is 12.8 Å². The molecule has 6 nitrogen and oxygen atoms in total. The van der Waals surface area contributed by atoms with Gasteiger partial charge in [-0.15, -0.1) is 0 Å². The molecule has 180 valence electrons. The van der Waals surface area contributed by atoms with Crippen molar-refractivity contribution in [1.82, 2.24) is 25.5 Å². The predicted octanol–water partition coefficient (Wildman–Crippen LogP) is 4.73. The number of nitrogens with one attached hydrogen (secondary N) is 3. The van der Waals surface area contributed by atoms with Crippen molar-refractivity contribution in [1.29, 1.82) is 0 Å². The molecule has 0 unspecified atom stereocenters. The van der Waals surface area contributed by atoms with Gasteiger partial charge in [-0.1, -0.05) is 53.6 Å². The minimum atomic E-state index is -0.697. The van der Waals surface area contributed by atoms with E-state index in [-0.39, 0.29) is 17.7 Å². The van der Waals surface area contributed by atoms with Gasteiger partial charge in [0, 0.05) is 17.2 Å². The van der Waals surface area contributed by atoms with E-state index >= 15 is 4.39 Å². The van der Waals surface area contributed by atoms with Crippen LogP contribution in [0.15, 0.2) is 56.5 Å². The lowest BCUT2D eigenvalue weighted by Gasteiger charge is -2.13. The topological polar surface area (TPSA) is 86.5 Å². The molecule has 0 radical (unpaired) electrons. The second-order valence-electron chi connectivity index (χ2n) is 8.67. The average molecular weight is 721 g/mol. The third kappa shape index (κ3) is 3.98. The number of amides is 1. The van der Waals surface area contributed by atoms with Crippen molar-refractivity contribution in [2.75, 3.05) is 0 Å². The molecule has 0 saturated heterocycles. The molecule has 10 heteroatoms. The molecule has 2 aliphatic heterocycles. The molecule has 1 aliphatic carbocycles. The number of benzene rings is 1. The van der Waals surface area contributed by atoms with Gasteiger partial charge >= 0.3 is 0 Å². The monoisotopic (exact) mass is 721 g/mol. The molecule has 4 aromatic rings. The standard InChI is InChI=1S/C26H18FI2N5OS/c27-21-20-19(11-29-22(21)15-8-16(10-28-9-15)30-26(35)13-4-5-13)33-34-24(20)25-31-18-3-1-2-17(23(18)32-25)14-6-7-36-12-14/h1-3,6-13H,4-5H2,(H,30,35)(H,31,32)(H,33,34). The van der Waals surface area contributed by atoms with E-state index in [2.05, 4.69) is 44.1 Å². The van der Waals surface area contributed by atoms with Crippen LogP contribution in [-0.2, 0) is 4.79 Å². The van der Waals surface area contributed by atoms with E-state index < -0.39 is 41.5 Å². The number of carbonyl (C=O) groups excluding carboxylic acids is 1. The largest absolute Gasteiger partial charge is 0.337 e. The first-order valence-electron chi connectivity index (χ1n) is 11.3.